The molecule has 252 valence electrons. The normalized spacial score (nSPS) is 15.7. The van der Waals surface area contributed by atoms with E-state index in [4.69, 9.17) is 14.2 Å². The Morgan fingerprint density at radius 1 is 0.979 bits per heavy atom. The van der Waals surface area contributed by atoms with Crippen molar-refractivity contribution < 1.29 is 28.9 Å². The zero-order chi connectivity index (χ0) is 34.2. The summed E-state index contributed by atoms with van der Waals surface area (Å²) in [6.07, 6.45) is 2.80. The van der Waals surface area contributed by atoms with Gasteiger partial charge in [0.1, 0.15) is 11.5 Å². The minimum Gasteiger partial charge on any atom is -0.507 e. The zero-order valence-electron chi connectivity index (χ0n) is 27.9. The topological polar surface area (TPSA) is 111 Å². The SMILES string of the molecule is CCCCOc1ccc(C(O)=C2C(=O)C(=O)N(c3nnc(SCc4ccc(C)cc4)s3)[C@@H]2c2ccc(OCCC(C)C)c(OC)c2)cc1. The van der Waals surface area contributed by atoms with Crippen LogP contribution in [0.3, 0.4) is 0 Å². The van der Waals surface area contributed by atoms with Gasteiger partial charge < -0.3 is 19.3 Å². The lowest BCUT2D eigenvalue weighted by molar-refractivity contribution is -0.132. The van der Waals surface area contributed by atoms with Gasteiger partial charge in [-0.25, -0.2) is 0 Å². The highest BCUT2D eigenvalue weighted by molar-refractivity contribution is 8.00. The van der Waals surface area contributed by atoms with E-state index >= 15 is 0 Å². The molecule has 0 aliphatic carbocycles. The van der Waals surface area contributed by atoms with Crippen molar-refractivity contribution in [1.82, 2.24) is 10.2 Å². The van der Waals surface area contributed by atoms with Crippen LogP contribution in [0.15, 0.2) is 76.6 Å². The largest absolute Gasteiger partial charge is 0.507 e. The highest BCUT2D eigenvalue weighted by Crippen LogP contribution is 2.45. The molecule has 4 aromatic rings. The molecule has 0 saturated carbocycles. The molecule has 1 N–H and O–H groups in total. The van der Waals surface area contributed by atoms with Crippen LogP contribution < -0.4 is 19.1 Å². The van der Waals surface area contributed by atoms with Crippen molar-refractivity contribution in [2.45, 2.75) is 63.1 Å². The fraction of sp³-hybridized carbons (Fsp3) is 0.351. The molecule has 0 radical (unpaired) electrons. The van der Waals surface area contributed by atoms with E-state index in [1.807, 2.05) is 6.92 Å². The zero-order valence-corrected chi connectivity index (χ0v) is 29.5. The first-order chi connectivity index (χ1) is 23.2. The van der Waals surface area contributed by atoms with Gasteiger partial charge in [0.2, 0.25) is 5.13 Å². The Bertz CT molecular complexity index is 1750. The molecular formula is C37H41N3O6S2. The number of ether oxygens (including phenoxy) is 3. The third kappa shape index (κ3) is 8.19. The number of ketones is 1. The van der Waals surface area contributed by atoms with Crippen LogP contribution in [0.1, 0.15) is 68.3 Å². The second-order valence-electron chi connectivity index (χ2n) is 12.0. The average Bonchev–Trinajstić information content (AvgIpc) is 3.66. The average molecular weight is 688 g/mol. The summed E-state index contributed by atoms with van der Waals surface area (Å²) in [6, 6.07) is 19.4. The molecule has 5 rings (SSSR count). The molecule has 1 aromatic heterocycles. The van der Waals surface area contributed by atoms with Gasteiger partial charge in [0.05, 0.1) is 31.9 Å². The van der Waals surface area contributed by atoms with E-state index in [9.17, 15) is 14.7 Å². The number of aromatic nitrogens is 2. The molecule has 9 nitrogen and oxygen atoms in total. The molecular weight excluding hydrogens is 647 g/mol. The number of aliphatic hydroxyl groups is 1. The number of carbonyl (C=O) groups is 2. The Morgan fingerprint density at radius 2 is 1.73 bits per heavy atom. The van der Waals surface area contributed by atoms with Crippen LogP contribution >= 0.6 is 23.1 Å². The number of hydrogen-bond acceptors (Lipinski definition) is 10. The Labute approximate surface area is 290 Å². The molecule has 0 bridgehead atoms. The number of hydrogen-bond donors (Lipinski definition) is 1. The van der Waals surface area contributed by atoms with E-state index < -0.39 is 17.7 Å². The lowest BCUT2D eigenvalue weighted by atomic mass is 9.95. The smallest absolute Gasteiger partial charge is 0.301 e. The molecule has 1 atom stereocenters. The Morgan fingerprint density at radius 3 is 2.42 bits per heavy atom. The van der Waals surface area contributed by atoms with Gasteiger partial charge in [-0.1, -0.05) is 86.2 Å². The number of benzene rings is 3. The Hall–Kier alpha value is -4.35. The monoisotopic (exact) mass is 687 g/mol. The van der Waals surface area contributed by atoms with Crippen LogP contribution in [0, 0.1) is 12.8 Å². The first-order valence-corrected chi connectivity index (χ1v) is 17.9. The molecule has 1 fully saturated rings. The number of carbonyl (C=O) groups excluding carboxylic acids is 2. The van der Waals surface area contributed by atoms with Gasteiger partial charge in [-0.2, -0.15) is 0 Å². The van der Waals surface area contributed by atoms with Crippen LogP contribution in [0.5, 0.6) is 17.2 Å². The van der Waals surface area contributed by atoms with E-state index in [-0.39, 0.29) is 16.5 Å². The summed E-state index contributed by atoms with van der Waals surface area (Å²) in [6.45, 7) is 9.47. The molecule has 0 unspecified atom stereocenters. The van der Waals surface area contributed by atoms with Gasteiger partial charge in [0, 0.05) is 11.3 Å². The first-order valence-electron chi connectivity index (χ1n) is 16.1. The minimum absolute atomic E-state index is 0.0563. The number of amides is 1. The Kier molecular flexibility index (Phi) is 11.8. The van der Waals surface area contributed by atoms with Crippen molar-refractivity contribution in [2.75, 3.05) is 25.2 Å². The quantitative estimate of drug-likeness (QED) is 0.0329. The predicted octanol–water partition coefficient (Wildman–Crippen LogP) is 8.38. The summed E-state index contributed by atoms with van der Waals surface area (Å²) in [4.78, 5) is 28.9. The molecule has 2 heterocycles. The molecule has 0 spiro atoms. The molecule has 1 amide bonds. The molecule has 1 saturated heterocycles. The van der Waals surface area contributed by atoms with Crippen molar-refractivity contribution in [3.63, 3.8) is 0 Å². The van der Waals surface area contributed by atoms with E-state index in [0.717, 1.165) is 24.8 Å². The highest BCUT2D eigenvalue weighted by Gasteiger charge is 2.48. The summed E-state index contributed by atoms with van der Waals surface area (Å²) in [7, 11) is 1.54. The van der Waals surface area contributed by atoms with Gasteiger partial charge in [0.25, 0.3) is 5.78 Å². The molecule has 1 aliphatic rings. The third-order valence-electron chi connectivity index (χ3n) is 7.88. The van der Waals surface area contributed by atoms with Crippen molar-refractivity contribution in [1.29, 1.82) is 0 Å². The van der Waals surface area contributed by atoms with E-state index in [1.54, 1.807) is 42.5 Å². The van der Waals surface area contributed by atoms with Crippen LogP contribution in [0.2, 0.25) is 0 Å². The summed E-state index contributed by atoms with van der Waals surface area (Å²) in [5, 5.41) is 20.6. The minimum atomic E-state index is -0.994. The van der Waals surface area contributed by atoms with Gasteiger partial charge in [-0.05, 0) is 73.2 Å². The van der Waals surface area contributed by atoms with Crippen molar-refractivity contribution in [3.8, 4) is 17.2 Å². The number of methoxy groups -OCH3 is 1. The Balaban J connectivity index is 1.52. The number of thioether (sulfide) groups is 1. The molecule has 3 aromatic carbocycles. The summed E-state index contributed by atoms with van der Waals surface area (Å²) in [5.41, 5.74) is 3.19. The lowest BCUT2D eigenvalue weighted by Crippen LogP contribution is -2.29. The summed E-state index contributed by atoms with van der Waals surface area (Å²) < 4.78 is 18.1. The molecule has 1 aliphatic heterocycles. The van der Waals surface area contributed by atoms with Gasteiger partial charge in [-0.3, -0.25) is 14.5 Å². The highest BCUT2D eigenvalue weighted by atomic mass is 32.2. The van der Waals surface area contributed by atoms with Gasteiger partial charge in [0.15, 0.2) is 15.8 Å². The maximum absolute atomic E-state index is 13.8. The maximum Gasteiger partial charge on any atom is 0.301 e. The lowest BCUT2D eigenvalue weighted by Gasteiger charge is -2.23. The number of aliphatic hydroxyl groups excluding tert-OH is 1. The van der Waals surface area contributed by atoms with E-state index in [0.29, 0.717) is 57.6 Å². The van der Waals surface area contributed by atoms with Crippen molar-refractivity contribution in [3.05, 3.63) is 94.6 Å². The van der Waals surface area contributed by atoms with Crippen LogP contribution in [0.25, 0.3) is 5.76 Å². The number of nitrogens with zero attached hydrogens (tertiary/aromatic N) is 3. The summed E-state index contributed by atoms with van der Waals surface area (Å²) in [5.74, 6) is 0.869. The molecule has 48 heavy (non-hydrogen) atoms. The van der Waals surface area contributed by atoms with Crippen molar-refractivity contribution >= 4 is 45.7 Å². The summed E-state index contributed by atoms with van der Waals surface area (Å²) >= 11 is 2.72. The first kappa shape index (κ1) is 35.0. The second-order valence-corrected chi connectivity index (χ2v) is 14.1. The fourth-order valence-corrected chi connectivity index (χ4v) is 6.93. The van der Waals surface area contributed by atoms with Crippen LogP contribution in [-0.2, 0) is 15.3 Å². The van der Waals surface area contributed by atoms with E-state index in [1.165, 1.54) is 40.7 Å². The maximum atomic E-state index is 13.8. The van der Waals surface area contributed by atoms with Crippen LogP contribution in [-0.4, -0.2) is 47.3 Å². The van der Waals surface area contributed by atoms with Crippen LogP contribution in [0.4, 0.5) is 5.13 Å². The number of anilines is 1. The number of Topliss-reactive ketones (excluding diaryl/α,β-unsaturated/α-hetero) is 1. The third-order valence-corrected chi connectivity index (χ3v) is 10.0. The van der Waals surface area contributed by atoms with E-state index in [2.05, 4.69) is 55.2 Å². The number of rotatable bonds is 15. The predicted molar refractivity (Wildman–Crippen MR) is 190 cm³/mol. The van der Waals surface area contributed by atoms with Crippen molar-refractivity contribution in [2.24, 2.45) is 5.92 Å². The van der Waals surface area contributed by atoms with Gasteiger partial charge in [-0.15, -0.1) is 10.2 Å². The fourth-order valence-electron chi connectivity index (χ4n) is 5.11. The molecule has 11 heteroatoms. The number of aryl methyl sites for hydroxylation is 1. The van der Waals surface area contributed by atoms with Gasteiger partial charge >= 0.3 is 5.91 Å². The number of unbranched alkanes of at least 4 members (excludes halogenated alkanes) is 1. The second kappa shape index (κ2) is 16.2. The standard InChI is InChI=1S/C37H41N3O6S2/c1-6-7-19-45-28-15-12-26(13-16-28)33(41)31-32(27-14-17-29(30(21-27)44-5)46-20-18-23(2)3)40(35(43)34(31)42)36-38-39-37(48-36)47-22-25-10-8-24(4)9-11-25/h8-17,21,23,32,41H,6-7,18-20,22H2,1-5H3/t32-/m1/s1.